The normalized spacial score (nSPS) is 12.2. The molecule has 0 radical (unpaired) electrons. The lowest BCUT2D eigenvalue weighted by Crippen LogP contribution is -2.33. The topological polar surface area (TPSA) is 61.4 Å². The minimum atomic E-state index is 0.0651. The van der Waals surface area contributed by atoms with Crippen LogP contribution in [0.2, 0.25) is 0 Å². The molecule has 0 fully saturated rings. The fourth-order valence-corrected chi connectivity index (χ4v) is 1.73. The van der Waals surface area contributed by atoms with Crippen LogP contribution in [0.5, 0.6) is 5.75 Å². The number of amides is 1. The van der Waals surface area contributed by atoms with Gasteiger partial charge < -0.3 is 15.7 Å². The number of rotatable bonds is 7. The van der Waals surface area contributed by atoms with Crippen LogP contribution in [0.3, 0.4) is 0 Å². The zero-order valence-corrected chi connectivity index (χ0v) is 12.0. The van der Waals surface area contributed by atoms with E-state index in [-0.39, 0.29) is 11.9 Å². The van der Waals surface area contributed by atoms with E-state index in [4.69, 9.17) is 0 Å². The minimum Gasteiger partial charge on any atom is -0.508 e. The molecular formula is C15H24N2O2. The van der Waals surface area contributed by atoms with Gasteiger partial charge >= 0.3 is 0 Å². The Kier molecular flexibility index (Phi) is 6.36. The molecule has 1 atom stereocenters. The van der Waals surface area contributed by atoms with E-state index >= 15 is 0 Å². The minimum absolute atomic E-state index is 0.0651. The third kappa shape index (κ3) is 5.75. The molecule has 0 spiro atoms. The summed E-state index contributed by atoms with van der Waals surface area (Å²) in [6.45, 7) is 7.21. The van der Waals surface area contributed by atoms with Crippen LogP contribution in [-0.4, -0.2) is 23.6 Å². The fourth-order valence-electron chi connectivity index (χ4n) is 1.73. The van der Waals surface area contributed by atoms with Crippen LogP contribution < -0.4 is 10.6 Å². The van der Waals surface area contributed by atoms with E-state index < -0.39 is 0 Å². The summed E-state index contributed by atoms with van der Waals surface area (Å²) in [7, 11) is 0. The first-order valence-corrected chi connectivity index (χ1v) is 6.81. The van der Waals surface area contributed by atoms with Gasteiger partial charge in [0.2, 0.25) is 5.91 Å². The number of phenolic OH excluding ortho intramolecular Hbond substituents is 1. The molecular weight excluding hydrogens is 240 g/mol. The van der Waals surface area contributed by atoms with Gasteiger partial charge in [0.25, 0.3) is 0 Å². The Balaban J connectivity index is 2.27. The molecule has 1 aromatic carbocycles. The Bertz CT molecular complexity index is 419. The van der Waals surface area contributed by atoms with Crippen LogP contribution in [0.15, 0.2) is 18.2 Å². The van der Waals surface area contributed by atoms with Crippen molar-refractivity contribution in [2.75, 3.05) is 6.54 Å². The van der Waals surface area contributed by atoms with Crippen molar-refractivity contribution in [2.24, 2.45) is 0 Å². The summed E-state index contributed by atoms with van der Waals surface area (Å²) < 4.78 is 0. The molecule has 0 aliphatic rings. The fraction of sp³-hybridized carbons (Fsp3) is 0.533. The van der Waals surface area contributed by atoms with Crippen LogP contribution >= 0.6 is 0 Å². The number of carbonyl (C=O) groups is 1. The Morgan fingerprint density at radius 2 is 2.16 bits per heavy atom. The van der Waals surface area contributed by atoms with Gasteiger partial charge in [0.1, 0.15) is 5.75 Å². The second kappa shape index (κ2) is 7.79. The van der Waals surface area contributed by atoms with E-state index in [1.54, 1.807) is 6.07 Å². The third-order valence-electron chi connectivity index (χ3n) is 3.10. The quantitative estimate of drug-likeness (QED) is 0.661. The highest BCUT2D eigenvalue weighted by Crippen LogP contribution is 2.17. The number of aromatic hydroxyl groups is 1. The largest absolute Gasteiger partial charge is 0.508 e. The molecule has 0 aliphatic carbocycles. The van der Waals surface area contributed by atoms with E-state index in [1.807, 2.05) is 32.9 Å². The summed E-state index contributed by atoms with van der Waals surface area (Å²) in [5.74, 6) is 0.359. The highest BCUT2D eigenvalue weighted by Gasteiger charge is 2.05. The van der Waals surface area contributed by atoms with Gasteiger partial charge in [0, 0.05) is 31.1 Å². The monoisotopic (exact) mass is 264 g/mol. The zero-order valence-electron chi connectivity index (χ0n) is 12.0. The molecule has 1 unspecified atom stereocenters. The number of hydrogen-bond donors (Lipinski definition) is 3. The summed E-state index contributed by atoms with van der Waals surface area (Å²) >= 11 is 0. The SMILES string of the molecule is CCC(C)NC(=O)CCNCc1cc(C)ccc1O. The maximum Gasteiger partial charge on any atom is 0.221 e. The lowest BCUT2D eigenvalue weighted by molar-refractivity contribution is -0.121. The van der Waals surface area contributed by atoms with E-state index in [2.05, 4.69) is 10.6 Å². The zero-order chi connectivity index (χ0) is 14.3. The molecule has 4 heteroatoms. The molecule has 1 aromatic rings. The Labute approximate surface area is 115 Å². The van der Waals surface area contributed by atoms with Gasteiger partial charge in [0.15, 0.2) is 0 Å². The van der Waals surface area contributed by atoms with Crippen molar-refractivity contribution in [3.05, 3.63) is 29.3 Å². The molecule has 1 amide bonds. The van der Waals surface area contributed by atoms with E-state index in [0.29, 0.717) is 25.3 Å². The molecule has 106 valence electrons. The van der Waals surface area contributed by atoms with Gasteiger partial charge in [-0.1, -0.05) is 24.6 Å². The Morgan fingerprint density at radius 3 is 2.84 bits per heavy atom. The number of nitrogens with one attached hydrogen (secondary N) is 2. The van der Waals surface area contributed by atoms with Crippen molar-refractivity contribution in [3.63, 3.8) is 0 Å². The van der Waals surface area contributed by atoms with Crippen LogP contribution in [0.4, 0.5) is 0 Å². The van der Waals surface area contributed by atoms with Crippen LogP contribution in [0.1, 0.15) is 37.8 Å². The van der Waals surface area contributed by atoms with E-state index in [1.165, 1.54) is 0 Å². The first-order valence-electron chi connectivity index (χ1n) is 6.81. The van der Waals surface area contributed by atoms with Crippen molar-refractivity contribution < 1.29 is 9.90 Å². The Morgan fingerprint density at radius 1 is 1.42 bits per heavy atom. The second-order valence-corrected chi connectivity index (χ2v) is 4.94. The lowest BCUT2D eigenvalue weighted by atomic mass is 10.1. The van der Waals surface area contributed by atoms with Crippen molar-refractivity contribution in [1.29, 1.82) is 0 Å². The van der Waals surface area contributed by atoms with Gasteiger partial charge in [-0.25, -0.2) is 0 Å². The maximum atomic E-state index is 11.5. The molecule has 0 aliphatic heterocycles. The third-order valence-corrected chi connectivity index (χ3v) is 3.10. The van der Waals surface area contributed by atoms with E-state index in [9.17, 15) is 9.90 Å². The van der Waals surface area contributed by atoms with Crippen LogP contribution in [0.25, 0.3) is 0 Å². The predicted molar refractivity (Wildman–Crippen MR) is 77.1 cm³/mol. The highest BCUT2D eigenvalue weighted by molar-refractivity contribution is 5.76. The van der Waals surface area contributed by atoms with Crippen molar-refractivity contribution >= 4 is 5.91 Å². The lowest BCUT2D eigenvalue weighted by Gasteiger charge is -2.12. The summed E-state index contributed by atoms with van der Waals surface area (Å²) in [6, 6.07) is 5.75. The molecule has 0 saturated heterocycles. The number of aryl methyl sites for hydroxylation is 1. The van der Waals surface area contributed by atoms with Crippen molar-refractivity contribution in [3.8, 4) is 5.75 Å². The van der Waals surface area contributed by atoms with Gasteiger partial charge in [-0.3, -0.25) is 4.79 Å². The summed E-state index contributed by atoms with van der Waals surface area (Å²) in [5.41, 5.74) is 1.98. The van der Waals surface area contributed by atoms with Gasteiger partial charge in [-0.05, 0) is 26.3 Å². The van der Waals surface area contributed by atoms with Gasteiger partial charge in [-0.2, -0.15) is 0 Å². The molecule has 1 rings (SSSR count). The Hall–Kier alpha value is -1.55. The predicted octanol–water partition coefficient (Wildman–Crippen LogP) is 2.10. The molecule has 0 bridgehead atoms. The van der Waals surface area contributed by atoms with Crippen LogP contribution in [0, 0.1) is 6.92 Å². The smallest absolute Gasteiger partial charge is 0.221 e. The first-order chi connectivity index (χ1) is 9.02. The summed E-state index contributed by atoms with van der Waals surface area (Å²) in [4.78, 5) is 11.5. The number of hydrogen-bond acceptors (Lipinski definition) is 3. The van der Waals surface area contributed by atoms with E-state index in [0.717, 1.165) is 17.5 Å². The average Bonchev–Trinajstić information content (AvgIpc) is 2.38. The summed E-state index contributed by atoms with van der Waals surface area (Å²) in [6.07, 6.45) is 1.40. The molecule has 0 heterocycles. The molecule has 4 nitrogen and oxygen atoms in total. The number of benzene rings is 1. The standard InChI is InChI=1S/C15H24N2O2/c1-4-12(3)17-15(19)7-8-16-10-13-9-11(2)5-6-14(13)18/h5-6,9,12,16,18H,4,7-8,10H2,1-3H3,(H,17,19). The number of carbonyl (C=O) groups excluding carboxylic acids is 1. The van der Waals surface area contributed by atoms with Crippen molar-refractivity contribution in [2.45, 2.75) is 46.2 Å². The highest BCUT2D eigenvalue weighted by atomic mass is 16.3. The first kappa shape index (κ1) is 15.5. The summed E-state index contributed by atoms with van der Waals surface area (Å²) in [5, 5.41) is 15.8. The van der Waals surface area contributed by atoms with Gasteiger partial charge in [-0.15, -0.1) is 0 Å². The number of phenols is 1. The maximum absolute atomic E-state index is 11.5. The van der Waals surface area contributed by atoms with Crippen LogP contribution in [-0.2, 0) is 11.3 Å². The molecule has 0 aromatic heterocycles. The average molecular weight is 264 g/mol. The molecule has 3 N–H and O–H groups in total. The molecule has 19 heavy (non-hydrogen) atoms. The van der Waals surface area contributed by atoms with Crippen molar-refractivity contribution in [1.82, 2.24) is 10.6 Å². The molecule has 0 saturated carbocycles. The van der Waals surface area contributed by atoms with Gasteiger partial charge in [0.05, 0.1) is 0 Å². The second-order valence-electron chi connectivity index (χ2n) is 4.94.